The van der Waals surface area contributed by atoms with Gasteiger partial charge in [0.05, 0.1) is 12.7 Å². The van der Waals surface area contributed by atoms with Gasteiger partial charge in [-0.15, -0.1) is 0 Å². The number of carbonyl (C=O) groups is 1. The molecule has 0 radical (unpaired) electrons. The van der Waals surface area contributed by atoms with Gasteiger partial charge < -0.3 is 4.74 Å². The zero-order valence-electron chi connectivity index (χ0n) is 10.8. The van der Waals surface area contributed by atoms with E-state index in [-0.39, 0.29) is 16.9 Å². The second-order valence-corrected chi connectivity index (χ2v) is 4.21. The zero-order valence-corrected chi connectivity index (χ0v) is 10.8. The summed E-state index contributed by atoms with van der Waals surface area (Å²) >= 11 is 0. The summed E-state index contributed by atoms with van der Waals surface area (Å²) in [4.78, 5) is 11.5. The Morgan fingerprint density at radius 3 is 2.15 bits per heavy atom. The number of Topliss-reactive ketones (excluding diaryl/α,β-unsaturated/α-hetero) is 1. The smallest absolute Gasteiger partial charge is 0.160 e. The molecule has 0 saturated carbocycles. The highest BCUT2D eigenvalue weighted by atomic mass is 19.1. The van der Waals surface area contributed by atoms with Gasteiger partial charge in [0.1, 0.15) is 23.2 Å². The van der Waals surface area contributed by atoms with E-state index >= 15 is 0 Å². The van der Waals surface area contributed by atoms with Crippen LogP contribution in [0.1, 0.15) is 17.3 Å². The van der Waals surface area contributed by atoms with Crippen molar-refractivity contribution in [3.05, 3.63) is 53.3 Å². The maximum absolute atomic E-state index is 14.0. The maximum atomic E-state index is 14.0. The van der Waals surface area contributed by atoms with Gasteiger partial charge >= 0.3 is 0 Å². The molecular formula is C15H11F3O2. The van der Waals surface area contributed by atoms with E-state index in [1.165, 1.54) is 20.1 Å². The van der Waals surface area contributed by atoms with Crippen molar-refractivity contribution in [3.8, 4) is 16.9 Å². The van der Waals surface area contributed by atoms with Crippen LogP contribution >= 0.6 is 0 Å². The third-order valence-electron chi connectivity index (χ3n) is 2.88. The van der Waals surface area contributed by atoms with Gasteiger partial charge in [0, 0.05) is 23.3 Å². The van der Waals surface area contributed by atoms with E-state index in [2.05, 4.69) is 0 Å². The monoisotopic (exact) mass is 280 g/mol. The lowest BCUT2D eigenvalue weighted by molar-refractivity contribution is 0.101. The van der Waals surface area contributed by atoms with E-state index in [0.29, 0.717) is 0 Å². The van der Waals surface area contributed by atoms with Crippen molar-refractivity contribution in [2.75, 3.05) is 7.11 Å². The van der Waals surface area contributed by atoms with Crippen LogP contribution in [0.4, 0.5) is 13.2 Å². The molecule has 20 heavy (non-hydrogen) atoms. The molecule has 0 bridgehead atoms. The van der Waals surface area contributed by atoms with E-state index in [4.69, 9.17) is 4.74 Å². The van der Waals surface area contributed by atoms with Gasteiger partial charge in [-0.1, -0.05) is 0 Å². The summed E-state index contributed by atoms with van der Waals surface area (Å²) in [6.45, 7) is 1.25. The lowest BCUT2D eigenvalue weighted by Gasteiger charge is -2.11. The summed E-state index contributed by atoms with van der Waals surface area (Å²) in [7, 11) is 1.27. The normalized spacial score (nSPS) is 10.4. The molecule has 2 aromatic carbocycles. The Bertz CT molecular complexity index is 658. The number of carbonyl (C=O) groups excluding carboxylic acids is 1. The Kier molecular flexibility index (Phi) is 3.79. The molecule has 0 heterocycles. The van der Waals surface area contributed by atoms with Crippen molar-refractivity contribution in [2.45, 2.75) is 6.92 Å². The molecule has 0 spiro atoms. The molecule has 104 valence electrons. The summed E-state index contributed by atoms with van der Waals surface area (Å²) in [6, 6.07) is 5.17. The molecule has 0 unspecified atom stereocenters. The van der Waals surface area contributed by atoms with Gasteiger partial charge in [-0.25, -0.2) is 13.2 Å². The molecule has 0 aliphatic heterocycles. The topological polar surface area (TPSA) is 26.3 Å². The SMILES string of the molecule is COc1cc(F)c(-c2cc(F)ccc2C(C)=O)c(F)c1. The third-order valence-corrected chi connectivity index (χ3v) is 2.88. The maximum Gasteiger partial charge on any atom is 0.160 e. The quantitative estimate of drug-likeness (QED) is 0.795. The van der Waals surface area contributed by atoms with Crippen LogP contribution in [0.3, 0.4) is 0 Å². The van der Waals surface area contributed by atoms with Crippen LogP contribution < -0.4 is 4.74 Å². The summed E-state index contributed by atoms with van der Waals surface area (Å²) < 4.78 is 46.1. The average Bonchev–Trinajstić information content (AvgIpc) is 2.37. The number of hydrogen-bond donors (Lipinski definition) is 0. The van der Waals surface area contributed by atoms with Crippen molar-refractivity contribution in [3.63, 3.8) is 0 Å². The molecule has 5 heteroatoms. The fourth-order valence-corrected chi connectivity index (χ4v) is 1.96. The Morgan fingerprint density at radius 2 is 1.65 bits per heavy atom. The van der Waals surface area contributed by atoms with Gasteiger partial charge in [-0.2, -0.15) is 0 Å². The molecule has 0 aliphatic rings. The highest BCUT2D eigenvalue weighted by molar-refractivity contribution is 6.01. The molecule has 0 fully saturated rings. The van der Waals surface area contributed by atoms with Gasteiger partial charge in [-0.3, -0.25) is 4.79 Å². The van der Waals surface area contributed by atoms with Crippen LogP contribution in [-0.2, 0) is 0 Å². The number of hydrogen-bond acceptors (Lipinski definition) is 2. The Balaban J connectivity index is 2.74. The predicted octanol–water partition coefficient (Wildman–Crippen LogP) is 3.98. The van der Waals surface area contributed by atoms with Crippen LogP contribution in [-0.4, -0.2) is 12.9 Å². The molecule has 2 nitrogen and oxygen atoms in total. The van der Waals surface area contributed by atoms with E-state index in [0.717, 1.165) is 24.3 Å². The number of ether oxygens (including phenoxy) is 1. The first-order valence-electron chi connectivity index (χ1n) is 5.78. The molecule has 0 amide bonds. The lowest BCUT2D eigenvalue weighted by Crippen LogP contribution is -2.01. The molecule has 0 atom stereocenters. The molecular weight excluding hydrogens is 269 g/mol. The van der Waals surface area contributed by atoms with Gasteiger partial charge in [0.2, 0.25) is 0 Å². The Labute approximate surface area is 113 Å². The summed E-state index contributed by atoms with van der Waals surface area (Å²) in [5, 5.41) is 0. The molecule has 0 aliphatic carbocycles. The highest BCUT2D eigenvalue weighted by Crippen LogP contribution is 2.32. The first-order valence-corrected chi connectivity index (χ1v) is 5.78. The number of rotatable bonds is 3. The van der Waals surface area contributed by atoms with Crippen LogP contribution in [0.2, 0.25) is 0 Å². The van der Waals surface area contributed by atoms with Gasteiger partial charge in [-0.05, 0) is 25.1 Å². The Morgan fingerprint density at radius 1 is 1.05 bits per heavy atom. The number of methoxy groups -OCH3 is 1. The molecule has 2 rings (SSSR count). The van der Waals surface area contributed by atoms with Crippen molar-refractivity contribution in [2.24, 2.45) is 0 Å². The van der Waals surface area contributed by atoms with Crippen LogP contribution in [0, 0.1) is 17.5 Å². The Hall–Kier alpha value is -2.30. The van der Waals surface area contributed by atoms with Crippen molar-refractivity contribution >= 4 is 5.78 Å². The largest absolute Gasteiger partial charge is 0.497 e. The second kappa shape index (κ2) is 5.36. The predicted molar refractivity (Wildman–Crippen MR) is 68.3 cm³/mol. The first-order chi connectivity index (χ1) is 9.43. The first kappa shape index (κ1) is 14.1. The van der Waals surface area contributed by atoms with E-state index < -0.39 is 28.8 Å². The molecule has 0 aromatic heterocycles. The number of halogens is 3. The summed E-state index contributed by atoms with van der Waals surface area (Å²) in [5.74, 6) is -2.93. The summed E-state index contributed by atoms with van der Waals surface area (Å²) in [6.07, 6.45) is 0. The number of benzene rings is 2. The summed E-state index contributed by atoms with van der Waals surface area (Å²) in [5.41, 5.74) is -0.514. The fourth-order valence-electron chi connectivity index (χ4n) is 1.96. The van der Waals surface area contributed by atoms with E-state index in [1.54, 1.807) is 0 Å². The van der Waals surface area contributed by atoms with Crippen molar-refractivity contribution in [1.29, 1.82) is 0 Å². The zero-order chi connectivity index (χ0) is 14.9. The standard InChI is InChI=1S/C15H11F3O2/c1-8(19)11-4-3-9(16)5-12(11)15-13(17)6-10(20-2)7-14(15)18/h3-7H,1-2H3. The van der Waals surface area contributed by atoms with Crippen molar-refractivity contribution in [1.82, 2.24) is 0 Å². The second-order valence-electron chi connectivity index (χ2n) is 4.21. The minimum atomic E-state index is -0.921. The third kappa shape index (κ3) is 2.52. The molecule has 0 N–H and O–H groups in total. The van der Waals surface area contributed by atoms with Crippen LogP contribution in [0.15, 0.2) is 30.3 Å². The van der Waals surface area contributed by atoms with Gasteiger partial charge in [0.15, 0.2) is 5.78 Å². The van der Waals surface area contributed by atoms with Crippen LogP contribution in [0.25, 0.3) is 11.1 Å². The molecule has 0 saturated heterocycles. The van der Waals surface area contributed by atoms with Crippen molar-refractivity contribution < 1.29 is 22.7 Å². The highest BCUT2D eigenvalue weighted by Gasteiger charge is 2.19. The van der Waals surface area contributed by atoms with E-state index in [1.807, 2.05) is 0 Å². The minimum absolute atomic E-state index is 0.00419. The minimum Gasteiger partial charge on any atom is -0.497 e. The average molecular weight is 280 g/mol. The fraction of sp³-hybridized carbons (Fsp3) is 0.133. The van der Waals surface area contributed by atoms with Crippen LogP contribution in [0.5, 0.6) is 5.75 Å². The van der Waals surface area contributed by atoms with Gasteiger partial charge in [0.25, 0.3) is 0 Å². The lowest BCUT2D eigenvalue weighted by atomic mass is 9.96. The van der Waals surface area contributed by atoms with E-state index in [9.17, 15) is 18.0 Å². The number of ketones is 1. The molecule has 2 aromatic rings.